The number of carbonyl (C=O) groups excluding carboxylic acids is 3. The fourth-order valence-electron chi connectivity index (χ4n) is 2.81. The Labute approximate surface area is 187 Å². The third-order valence-corrected chi connectivity index (χ3v) is 4.18. The van der Waals surface area contributed by atoms with E-state index in [1.54, 1.807) is 18.2 Å². The first kappa shape index (κ1) is 24.5. The van der Waals surface area contributed by atoms with Crippen molar-refractivity contribution in [3.8, 4) is 17.2 Å². The predicted octanol–water partition coefficient (Wildman–Crippen LogP) is 2.38. The third-order valence-electron chi connectivity index (χ3n) is 4.18. The van der Waals surface area contributed by atoms with Crippen molar-refractivity contribution in [3.05, 3.63) is 53.1 Å². The second-order valence-electron chi connectivity index (χ2n) is 6.66. The minimum atomic E-state index is -0.583. The highest BCUT2D eigenvalue weighted by Crippen LogP contribution is 2.39. The van der Waals surface area contributed by atoms with Crippen molar-refractivity contribution >= 4 is 17.7 Å². The molecule has 3 N–H and O–H groups in total. The molecule has 0 heterocycles. The van der Waals surface area contributed by atoms with Crippen LogP contribution in [0.2, 0.25) is 0 Å². The van der Waals surface area contributed by atoms with E-state index in [-0.39, 0.29) is 12.1 Å². The van der Waals surface area contributed by atoms with Gasteiger partial charge in [0, 0.05) is 11.1 Å². The molecule has 172 valence electrons. The highest BCUT2D eigenvalue weighted by atomic mass is 16.5. The number of hydrogen-bond acceptors (Lipinski definition) is 6. The van der Waals surface area contributed by atoms with Gasteiger partial charge in [-0.25, -0.2) is 0 Å². The van der Waals surface area contributed by atoms with Gasteiger partial charge in [-0.05, 0) is 52.0 Å². The molecule has 9 heteroatoms. The quantitative estimate of drug-likeness (QED) is 0.486. The van der Waals surface area contributed by atoms with Gasteiger partial charge in [0.1, 0.15) is 0 Å². The van der Waals surface area contributed by atoms with E-state index in [2.05, 4.69) is 16.2 Å². The number of nitrogens with one attached hydrogen (secondary N) is 3. The first-order valence-electron chi connectivity index (χ1n) is 10.4. The number of rotatable bonds is 10. The number of carbonyl (C=O) groups is 3. The maximum absolute atomic E-state index is 12.6. The van der Waals surface area contributed by atoms with Crippen LogP contribution < -0.4 is 30.4 Å². The highest BCUT2D eigenvalue weighted by molar-refractivity contribution is 5.98. The molecule has 0 aliphatic heterocycles. The van der Waals surface area contributed by atoms with E-state index in [4.69, 9.17) is 14.2 Å². The monoisotopic (exact) mass is 443 g/mol. The van der Waals surface area contributed by atoms with Crippen molar-refractivity contribution in [3.63, 3.8) is 0 Å². The van der Waals surface area contributed by atoms with Crippen molar-refractivity contribution in [1.82, 2.24) is 16.2 Å². The smallest absolute Gasteiger partial charge is 0.269 e. The normalized spacial score (nSPS) is 10.1. The van der Waals surface area contributed by atoms with Crippen LogP contribution in [-0.4, -0.2) is 44.1 Å². The molecule has 2 aromatic carbocycles. The average Bonchev–Trinajstić information content (AvgIpc) is 2.78. The van der Waals surface area contributed by atoms with Gasteiger partial charge in [-0.1, -0.05) is 17.7 Å². The molecule has 0 aliphatic rings. The molecule has 2 aromatic rings. The van der Waals surface area contributed by atoms with Crippen LogP contribution in [0.25, 0.3) is 0 Å². The van der Waals surface area contributed by atoms with Gasteiger partial charge in [0.05, 0.1) is 26.4 Å². The predicted molar refractivity (Wildman–Crippen MR) is 119 cm³/mol. The standard InChI is InChI=1S/C23H29N3O6/c1-5-30-18-12-17(13-19(31-6-2)21(18)32-7-3)22(28)24-14-20(27)25-26-23(29)16-10-8-9-15(4)11-16/h8-13H,5-7,14H2,1-4H3,(H,24,28)(H,25,27)(H,26,29). The summed E-state index contributed by atoms with van der Waals surface area (Å²) in [6.45, 7) is 8.15. The molecule has 0 bridgehead atoms. The summed E-state index contributed by atoms with van der Waals surface area (Å²) in [5, 5.41) is 2.51. The molecule has 0 spiro atoms. The van der Waals surface area contributed by atoms with Gasteiger partial charge < -0.3 is 19.5 Å². The zero-order valence-corrected chi connectivity index (χ0v) is 18.7. The zero-order valence-electron chi connectivity index (χ0n) is 18.7. The number of ether oxygens (including phenoxy) is 3. The summed E-state index contributed by atoms with van der Waals surface area (Å²) < 4.78 is 16.8. The molecule has 0 saturated carbocycles. The van der Waals surface area contributed by atoms with Crippen LogP contribution >= 0.6 is 0 Å². The molecule has 0 atom stereocenters. The molecular formula is C23H29N3O6. The van der Waals surface area contributed by atoms with Gasteiger partial charge >= 0.3 is 0 Å². The summed E-state index contributed by atoms with van der Waals surface area (Å²) >= 11 is 0. The van der Waals surface area contributed by atoms with Gasteiger partial charge in [0.25, 0.3) is 17.7 Å². The molecule has 0 radical (unpaired) electrons. The highest BCUT2D eigenvalue weighted by Gasteiger charge is 2.19. The molecule has 2 rings (SSSR count). The second-order valence-corrected chi connectivity index (χ2v) is 6.66. The summed E-state index contributed by atoms with van der Waals surface area (Å²) in [5.41, 5.74) is 6.17. The van der Waals surface area contributed by atoms with Gasteiger partial charge in [-0.2, -0.15) is 0 Å². The zero-order chi connectivity index (χ0) is 23.5. The van der Waals surface area contributed by atoms with E-state index in [1.807, 2.05) is 33.8 Å². The van der Waals surface area contributed by atoms with Crippen molar-refractivity contribution in [1.29, 1.82) is 0 Å². The first-order valence-corrected chi connectivity index (χ1v) is 10.4. The Balaban J connectivity index is 2.00. The Morgan fingerprint density at radius 3 is 1.97 bits per heavy atom. The van der Waals surface area contributed by atoms with Gasteiger partial charge in [0.15, 0.2) is 11.5 Å². The number of hydrazine groups is 1. The lowest BCUT2D eigenvalue weighted by Gasteiger charge is -2.17. The van der Waals surface area contributed by atoms with Crippen LogP contribution in [0, 0.1) is 6.92 Å². The summed E-state index contributed by atoms with van der Waals surface area (Å²) in [6.07, 6.45) is 0. The van der Waals surface area contributed by atoms with Crippen molar-refractivity contribution < 1.29 is 28.6 Å². The summed E-state index contributed by atoms with van der Waals surface area (Å²) in [5.74, 6) is -0.372. The Morgan fingerprint density at radius 2 is 1.41 bits per heavy atom. The second kappa shape index (κ2) is 12.2. The Hall–Kier alpha value is -3.75. The van der Waals surface area contributed by atoms with E-state index in [9.17, 15) is 14.4 Å². The van der Waals surface area contributed by atoms with Crippen LogP contribution in [0.3, 0.4) is 0 Å². The molecule has 0 saturated heterocycles. The fourth-order valence-corrected chi connectivity index (χ4v) is 2.81. The lowest BCUT2D eigenvalue weighted by Crippen LogP contribution is -2.46. The van der Waals surface area contributed by atoms with E-state index in [0.717, 1.165) is 5.56 Å². The van der Waals surface area contributed by atoms with Crippen molar-refractivity contribution in [2.24, 2.45) is 0 Å². The molecule has 9 nitrogen and oxygen atoms in total. The fraction of sp³-hybridized carbons (Fsp3) is 0.348. The van der Waals surface area contributed by atoms with Gasteiger partial charge in [0.2, 0.25) is 5.75 Å². The lowest BCUT2D eigenvalue weighted by molar-refractivity contribution is -0.120. The van der Waals surface area contributed by atoms with Crippen LogP contribution in [0.4, 0.5) is 0 Å². The number of aryl methyl sites for hydroxylation is 1. The topological polar surface area (TPSA) is 115 Å². The molecule has 3 amide bonds. The molecule has 32 heavy (non-hydrogen) atoms. The average molecular weight is 444 g/mol. The molecule has 0 aliphatic carbocycles. The van der Waals surface area contributed by atoms with Gasteiger partial charge in [-0.3, -0.25) is 25.2 Å². The SMILES string of the molecule is CCOc1cc(C(=O)NCC(=O)NNC(=O)c2cccc(C)c2)cc(OCC)c1OCC. The van der Waals surface area contributed by atoms with Crippen LogP contribution in [-0.2, 0) is 4.79 Å². The van der Waals surface area contributed by atoms with E-state index in [1.165, 1.54) is 12.1 Å². The van der Waals surface area contributed by atoms with Crippen molar-refractivity contribution in [2.45, 2.75) is 27.7 Å². The number of hydrogen-bond donors (Lipinski definition) is 3. The Morgan fingerprint density at radius 1 is 0.781 bits per heavy atom. The Kier molecular flexibility index (Phi) is 9.34. The van der Waals surface area contributed by atoms with E-state index in [0.29, 0.717) is 42.6 Å². The Bertz CT molecular complexity index is 933. The van der Waals surface area contributed by atoms with Crippen molar-refractivity contribution in [2.75, 3.05) is 26.4 Å². The van der Waals surface area contributed by atoms with Gasteiger partial charge in [-0.15, -0.1) is 0 Å². The number of benzene rings is 2. The number of amides is 3. The van der Waals surface area contributed by atoms with E-state index < -0.39 is 17.7 Å². The maximum atomic E-state index is 12.6. The maximum Gasteiger partial charge on any atom is 0.269 e. The summed E-state index contributed by atoms with van der Waals surface area (Å²) in [7, 11) is 0. The third kappa shape index (κ3) is 6.90. The molecular weight excluding hydrogens is 414 g/mol. The summed E-state index contributed by atoms with van der Waals surface area (Å²) in [6, 6.07) is 10.00. The van der Waals surface area contributed by atoms with Crippen LogP contribution in [0.5, 0.6) is 17.2 Å². The molecule has 0 unspecified atom stereocenters. The minimum Gasteiger partial charge on any atom is -0.490 e. The van der Waals surface area contributed by atoms with Crippen LogP contribution in [0.15, 0.2) is 36.4 Å². The van der Waals surface area contributed by atoms with E-state index >= 15 is 0 Å². The molecule has 0 aromatic heterocycles. The lowest BCUT2D eigenvalue weighted by atomic mass is 10.1. The largest absolute Gasteiger partial charge is 0.490 e. The summed E-state index contributed by atoms with van der Waals surface area (Å²) in [4.78, 5) is 36.7. The first-order chi connectivity index (χ1) is 15.4. The van der Waals surface area contributed by atoms with Crippen LogP contribution in [0.1, 0.15) is 47.1 Å². The molecule has 0 fully saturated rings. The minimum absolute atomic E-state index is 0.247.